The number of hydrogen-bond acceptors (Lipinski definition) is 5. The van der Waals surface area contributed by atoms with E-state index >= 15 is 0 Å². The molecule has 96 valence electrons. The van der Waals surface area contributed by atoms with Gasteiger partial charge in [-0.05, 0) is 12.1 Å². The zero-order valence-electron chi connectivity index (χ0n) is 9.11. The molecule has 1 aliphatic heterocycles. The van der Waals surface area contributed by atoms with Crippen molar-refractivity contribution < 1.29 is 19.1 Å². The Balaban J connectivity index is 2.21. The minimum absolute atomic E-state index is 0.0344. The Hall–Kier alpha value is -1.46. The summed E-state index contributed by atoms with van der Waals surface area (Å²) in [5.41, 5.74) is 5.76. The van der Waals surface area contributed by atoms with Gasteiger partial charge in [0.25, 0.3) is 0 Å². The Labute approximate surface area is 113 Å². The molecule has 0 amide bonds. The fourth-order valence-corrected chi connectivity index (χ4v) is 2.02. The average Bonchev–Trinajstić information content (AvgIpc) is 2.69. The van der Waals surface area contributed by atoms with Crippen molar-refractivity contribution in [3.63, 3.8) is 0 Å². The fourth-order valence-electron chi connectivity index (χ4n) is 1.53. The van der Waals surface area contributed by atoms with Gasteiger partial charge in [-0.15, -0.1) is 0 Å². The maximum Gasteiger partial charge on any atom is 0.347 e. The van der Waals surface area contributed by atoms with Crippen LogP contribution in [0.2, 0.25) is 10.0 Å². The SMILES string of the molecule is Nc1c(Cl)cc(Cl)cc1C(=O)OC1CCOC1=O. The van der Waals surface area contributed by atoms with Crippen LogP contribution in [0, 0.1) is 0 Å². The second-order valence-corrected chi connectivity index (χ2v) is 4.54. The van der Waals surface area contributed by atoms with Crippen LogP contribution in [-0.2, 0) is 14.3 Å². The molecular formula is C11H9Cl2NO4. The van der Waals surface area contributed by atoms with Gasteiger partial charge in [0.15, 0.2) is 0 Å². The lowest BCUT2D eigenvalue weighted by Crippen LogP contribution is -2.23. The standard InChI is InChI=1S/C11H9Cl2NO4/c12-5-3-6(9(14)7(13)4-5)10(15)18-8-1-2-17-11(8)16/h3-4,8H,1-2,14H2. The topological polar surface area (TPSA) is 78.6 Å². The van der Waals surface area contributed by atoms with Crippen molar-refractivity contribution in [2.45, 2.75) is 12.5 Å². The van der Waals surface area contributed by atoms with Crippen LogP contribution in [0.1, 0.15) is 16.8 Å². The number of carbonyl (C=O) groups excluding carboxylic acids is 2. The summed E-state index contributed by atoms with van der Waals surface area (Å²) >= 11 is 11.6. The third kappa shape index (κ3) is 2.52. The molecule has 0 bridgehead atoms. The lowest BCUT2D eigenvalue weighted by atomic mass is 10.2. The summed E-state index contributed by atoms with van der Waals surface area (Å²) in [4.78, 5) is 23.0. The quantitative estimate of drug-likeness (QED) is 0.666. The smallest absolute Gasteiger partial charge is 0.347 e. The van der Waals surface area contributed by atoms with Gasteiger partial charge in [-0.3, -0.25) is 0 Å². The summed E-state index contributed by atoms with van der Waals surface area (Å²) in [6, 6.07) is 2.75. The number of rotatable bonds is 2. The molecular weight excluding hydrogens is 281 g/mol. The molecule has 1 unspecified atom stereocenters. The van der Waals surface area contributed by atoms with E-state index in [0.29, 0.717) is 6.42 Å². The summed E-state index contributed by atoms with van der Waals surface area (Å²) in [6.07, 6.45) is -0.562. The van der Waals surface area contributed by atoms with Crippen molar-refractivity contribution in [2.24, 2.45) is 0 Å². The number of esters is 2. The van der Waals surface area contributed by atoms with Gasteiger partial charge in [-0.25, -0.2) is 9.59 Å². The van der Waals surface area contributed by atoms with E-state index < -0.39 is 18.0 Å². The predicted octanol–water partition coefficient (Wildman–Crippen LogP) is 2.05. The third-order valence-electron chi connectivity index (χ3n) is 2.45. The van der Waals surface area contributed by atoms with Crippen LogP contribution in [0.15, 0.2) is 12.1 Å². The minimum atomic E-state index is -0.894. The molecule has 7 heteroatoms. The molecule has 0 saturated carbocycles. The normalized spacial score (nSPS) is 18.6. The first kappa shape index (κ1) is 13.0. The van der Waals surface area contributed by atoms with Crippen LogP contribution in [0.4, 0.5) is 5.69 Å². The Morgan fingerprint density at radius 1 is 1.44 bits per heavy atom. The van der Waals surface area contributed by atoms with Crippen LogP contribution in [0.25, 0.3) is 0 Å². The Morgan fingerprint density at radius 2 is 2.17 bits per heavy atom. The van der Waals surface area contributed by atoms with E-state index in [1.165, 1.54) is 12.1 Å². The van der Waals surface area contributed by atoms with E-state index in [1.54, 1.807) is 0 Å². The first-order chi connectivity index (χ1) is 8.49. The number of carbonyl (C=O) groups is 2. The maximum absolute atomic E-state index is 11.8. The number of halogens is 2. The van der Waals surface area contributed by atoms with E-state index in [2.05, 4.69) is 4.74 Å². The number of hydrogen-bond donors (Lipinski definition) is 1. The first-order valence-corrected chi connectivity index (χ1v) is 5.87. The van der Waals surface area contributed by atoms with Gasteiger partial charge in [-0.1, -0.05) is 23.2 Å². The molecule has 2 rings (SSSR count). The van der Waals surface area contributed by atoms with Crippen LogP contribution < -0.4 is 5.73 Å². The van der Waals surface area contributed by atoms with E-state index in [4.69, 9.17) is 33.7 Å². The molecule has 0 aliphatic carbocycles. The second-order valence-electron chi connectivity index (χ2n) is 3.70. The van der Waals surface area contributed by atoms with Crippen molar-refractivity contribution in [3.8, 4) is 0 Å². The summed E-state index contributed by atoms with van der Waals surface area (Å²) < 4.78 is 9.67. The number of cyclic esters (lactones) is 1. The first-order valence-electron chi connectivity index (χ1n) is 5.11. The van der Waals surface area contributed by atoms with Gasteiger partial charge >= 0.3 is 11.9 Å². The highest BCUT2D eigenvalue weighted by atomic mass is 35.5. The lowest BCUT2D eigenvalue weighted by molar-refractivity contribution is -0.145. The minimum Gasteiger partial charge on any atom is -0.463 e. The second kappa shape index (κ2) is 5.04. The van der Waals surface area contributed by atoms with Gasteiger partial charge in [0, 0.05) is 11.4 Å². The summed E-state index contributed by atoms with van der Waals surface area (Å²) in [7, 11) is 0. The molecule has 1 aromatic carbocycles. The van der Waals surface area contributed by atoms with Gasteiger partial charge in [0.05, 0.1) is 22.9 Å². The molecule has 1 atom stereocenters. The molecule has 1 aliphatic rings. The number of benzene rings is 1. The lowest BCUT2D eigenvalue weighted by Gasteiger charge is -2.11. The number of anilines is 1. The Kier molecular flexibility index (Phi) is 3.63. The van der Waals surface area contributed by atoms with Crippen LogP contribution in [0.5, 0.6) is 0 Å². The molecule has 0 spiro atoms. The average molecular weight is 290 g/mol. The molecule has 2 N–H and O–H groups in total. The third-order valence-corrected chi connectivity index (χ3v) is 2.98. The number of ether oxygens (including phenoxy) is 2. The zero-order chi connectivity index (χ0) is 13.3. The number of nitrogens with two attached hydrogens (primary N) is 1. The van der Waals surface area contributed by atoms with Crippen molar-refractivity contribution in [1.29, 1.82) is 0 Å². The van der Waals surface area contributed by atoms with Crippen LogP contribution >= 0.6 is 23.2 Å². The van der Waals surface area contributed by atoms with Crippen LogP contribution in [-0.4, -0.2) is 24.6 Å². The monoisotopic (exact) mass is 289 g/mol. The number of nitrogen functional groups attached to an aromatic ring is 1. The highest BCUT2D eigenvalue weighted by Crippen LogP contribution is 2.28. The largest absolute Gasteiger partial charge is 0.463 e. The van der Waals surface area contributed by atoms with E-state index in [-0.39, 0.29) is 27.9 Å². The van der Waals surface area contributed by atoms with Gasteiger partial charge < -0.3 is 15.2 Å². The molecule has 18 heavy (non-hydrogen) atoms. The molecule has 0 aromatic heterocycles. The summed E-state index contributed by atoms with van der Waals surface area (Å²) in [5, 5.41) is 0.415. The summed E-state index contributed by atoms with van der Waals surface area (Å²) in [5.74, 6) is -1.31. The maximum atomic E-state index is 11.8. The molecule has 1 saturated heterocycles. The molecule has 1 fully saturated rings. The van der Waals surface area contributed by atoms with Gasteiger partial charge in [0.1, 0.15) is 0 Å². The van der Waals surface area contributed by atoms with Gasteiger partial charge in [-0.2, -0.15) is 0 Å². The fraction of sp³-hybridized carbons (Fsp3) is 0.273. The van der Waals surface area contributed by atoms with Gasteiger partial charge in [0.2, 0.25) is 6.10 Å². The summed E-state index contributed by atoms with van der Waals surface area (Å²) in [6.45, 7) is 0.239. The molecule has 5 nitrogen and oxygen atoms in total. The van der Waals surface area contributed by atoms with E-state index in [0.717, 1.165) is 0 Å². The molecule has 1 heterocycles. The zero-order valence-corrected chi connectivity index (χ0v) is 10.6. The van der Waals surface area contributed by atoms with Crippen LogP contribution in [0.3, 0.4) is 0 Å². The molecule has 1 aromatic rings. The van der Waals surface area contributed by atoms with E-state index in [1.807, 2.05) is 0 Å². The van der Waals surface area contributed by atoms with Crippen molar-refractivity contribution >= 4 is 40.8 Å². The Morgan fingerprint density at radius 3 is 2.78 bits per heavy atom. The predicted molar refractivity (Wildman–Crippen MR) is 65.7 cm³/mol. The van der Waals surface area contributed by atoms with Crippen molar-refractivity contribution in [3.05, 3.63) is 27.7 Å². The Bertz CT molecular complexity index is 518. The van der Waals surface area contributed by atoms with Crippen molar-refractivity contribution in [1.82, 2.24) is 0 Å². The molecule has 0 radical (unpaired) electrons. The van der Waals surface area contributed by atoms with E-state index in [9.17, 15) is 9.59 Å². The highest BCUT2D eigenvalue weighted by Gasteiger charge is 2.31. The van der Waals surface area contributed by atoms with Crippen molar-refractivity contribution in [2.75, 3.05) is 12.3 Å². The highest BCUT2D eigenvalue weighted by molar-refractivity contribution is 6.37.